The minimum absolute atomic E-state index is 0. The molecule has 0 aromatic heterocycles. The maximum atomic E-state index is 10.8. The Bertz CT molecular complexity index is 1030. The summed E-state index contributed by atoms with van der Waals surface area (Å²) in [4.78, 5) is 43.0. The van der Waals surface area contributed by atoms with Crippen molar-refractivity contribution in [1.29, 1.82) is 0 Å². The molecule has 0 heterocycles. The summed E-state index contributed by atoms with van der Waals surface area (Å²) in [6.45, 7) is -4.59. The Morgan fingerprint density at radius 1 is 0.368 bits per heavy atom. The number of rotatable bonds is 22. The molecule has 2 fully saturated rings. The van der Waals surface area contributed by atoms with Crippen LogP contribution in [0.15, 0.2) is 0 Å². The molecule has 4 unspecified atom stereocenters. The average molecular weight is 1330 g/mol. The van der Waals surface area contributed by atoms with Crippen molar-refractivity contribution in [3.8, 4) is 0 Å². The van der Waals surface area contributed by atoms with Gasteiger partial charge in [-0.3, -0.25) is 40.4 Å². The largest absolute Gasteiger partial charge is 4.00 e. The normalized spacial score (nSPS) is 31.6. The van der Waals surface area contributed by atoms with E-state index in [1.165, 1.54) is 0 Å². The van der Waals surface area contributed by atoms with Crippen LogP contribution in [-0.4, -0.2) is 255 Å². The zero-order chi connectivity index (χ0) is 41.4. The van der Waals surface area contributed by atoms with Crippen molar-refractivity contribution in [3.05, 3.63) is 0 Å². The fraction of sp³-hybridized carbons (Fsp3) is 0.857. The first-order valence-electron chi connectivity index (χ1n) is 16.5. The fourth-order valence-electron chi connectivity index (χ4n) is 5.85. The van der Waals surface area contributed by atoms with Crippen LogP contribution in [-0.2, 0) is 96.7 Å². The van der Waals surface area contributed by atoms with Crippen molar-refractivity contribution in [1.82, 2.24) is 31.9 Å². The smallest absolute Gasteiger partial charge is 0.480 e. The van der Waals surface area contributed by atoms with Crippen LogP contribution in [0.4, 0.5) is 0 Å². The number of aliphatic hydroxyl groups excluding tert-OH is 12. The summed E-state index contributed by atoms with van der Waals surface area (Å²) in [5, 5.41) is 168. The van der Waals surface area contributed by atoms with E-state index in [0.29, 0.717) is 0 Å². The number of nitrogens with one attached hydrogen (secondary N) is 6. The molecule has 0 amide bonds. The summed E-state index contributed by atoms with van der Waals surface area (Å²) in [6, 6.07) is -7.40. The van der Waals surface area contributed by atoms with Crippen LogP contribution in [0.5, 0.6) is 0 Å². The second-order valence-corrected chi connectivity index (χ2v) is 12.6. The summed E-state index contributed by atoms with van der Waals surface area (Å²) < 4.78 is 0. The van der Waals surface area contributed by atoms with Gasteiger partial charge in [0, 0.05) is 13.1 Å². The second-order valence-electron chi connectivity index (χ2n) is 12.6. The Kier molecular flexibility index (Phi) is 32.9. The van der Waals surface area contributed by atoms with E-state index < -0.39 is 161 Å². The van der Waals surface area contributed by atoms with Gasteiger partial charge in [-0.05, 0) is 0 Å². The molecule has 316 valence electrons. The van der Waals surface area contributed by atoms with Crippen LogP contribution < -0.4 is 31.9 Å². The maximum absolute atomic E-state index is 10.8. The summed E-state index contributed by atoms with van der Waals surface area (Å²) in [5.41, 5.74) is 0. The first-order valence-corrected chi connectivity index (χ1v) is 16.5. The summed E-state index contributed by atoms with van der Waals surface area (Å²) >= 11 is 0. The minimum atomic E-state index is -1.53. The van der Waals surface area contributed by atoms with Crippen molar-refractivity contribution in [2.24, 2.45) is 0 Å². The molecule has 22 N–H and O–H groups in total. The molecule has 0 aliphatic heterocycles. The van der Waals surface area contributed by atoms with Gasteiger partial charge in [0.1, 0.15) is 12.2 Å². The summed E-state index contributed by atoms with van der Waals surface area (Å²) in [5.74, 6) is -5.05. The van der Waals surface area contributed by atoms with Gasteiger partial charge < -0.3 is 92.3 Å². The second kappa shape index (κ2) is 30.7. The first kappa shape index (κ1) is 61.1. The Morgan fingerprint density at radius 3 is 0.702 bits per heavy atom. The molecule has 57 heavy (non-hydrogen) atoms. The Hall–Kier alpha value is -0.230. The fourth-order valence-corrected chi connectivity index (χ4v) is 5.85. The number of carboxylic acids is 4. The van der Waals surface area contributed by atoms with Crippen molar-refractivity contribution >= 4 is 23.9 Å². The van der Waals surface area contributed by atoms with Crippen molar-refractivity contribution in [2.45, 2.75) is 97.3 Å². The molecule has 26 nitrogen and oxygen atoms in total. The van der Waals surface area contributed by atoms with Gasteiger partial charge >= 0.3 is 101 Å². The third-order valence-corrected chi connectivity index (χ3v) is 8.76. The topological polar surface area (TPSA) is 464 Å². The van der Waals surface area contributed by atoms with E-state index in [2.05, 4.69) is 31.9 Å². The molecule has 2 saturated carbocycles. The van der Waals surface area contributed by atoms with Crippen molar-refractivity contribution < 1.29 is 178 Å². The number of carbonyl (C=O) groups is 4. The molecule has 2 aliphatic rings. The van der Waals surface area contributed by atoms with E-state index in [1.807, 2.05) is 0 Å². The Labute approximate surface area is 381 Å². The molecule has 29 heteroatoms. The van der Waals surface area contributed by atoms with Gasteiger partial charge in [-0.1, -0.05) is 0 Å². The maximum Gasteiger partial charge on any atom is 4.00 e. The van der Waals surface area contributed by atoms with Crippen LogP contribution in [0.1, 0.15) is 0 Å². The third-order valence-electron chi connectivity index (χ3n) is 8.76. The molecule has 0 spiro atoms. The number of hydrogen-bond acceptors (Lipinski definition) is 22. The SMILES string of the molecule is O=C(O)CN[C@@H]1C(O)[C@H](NCC(=O)O)[C@H](O)C(NC[C@H](O)[C@H](O)CO)[C@@H]1O.O=C(O)CN[C@@H]1C(O)[C@H](NCC(=O)O)[C@H](O)C(NC[C@H](O)[C@H](O)CO)[C@@H]1O.[Hf+4].[Hf+4].[Hf+4]. The van der Waals surface area contributed by atoms with Gasteiger partial charge in [-0.15, -0.1) is 0 Å². The molecule has 0 radical (unpaired) electrons. The molecule has 2 rings (SSSR count). The number of hydrogen-bond donors (Lipinski definition) is 22. The molecule has 0 saturated heterocycles. The van der Waals surface area contributed by atoms with E-state index >= 15 is 0 Å². The Morgan fingerprint density at radius 2 is 0.544 bits per heavy atom. The van der Waals surface area contributed by atoms with Gasteiger partial charge in [0.2, 0.25) is 0 Å². The third kappa shape index (κ3) is 20.0. The molecule has 2 aliphatic carbocycles. The molecule has 0 bridgehead atoms. The van der Waals surface area contributed by atoms with E-state index in [9.17, 15) is 70.2 Å². The molecule has 0 aromatic carbocycles. The van der Waals surface area contributed by atoms with Crippen molar-refractivity contribution in [3.63, 3.8) is 0 Å². The minimum Gasteiger partial charge on any atom is -0.480 e. The first-order chi connectivity index (χ1) is 25.2. The molecular weight excluding hydrogens is 1280 g/mol. The van der Waals surface area contributed by atoms with E-state index in [4.69, 9.17) is 30.6 Å². The molecule has 0 aromatic rings. The quantitative estimate of drug-likeness (QED) is 0.0448. The van der Waals surface area contributed by atoms with Crippen LogP contribution in [0.2, 0.25) is 0 Å². The zero-order valence-electron chi connectivity index (χ0n) is 30.2. The van der Waals surface area contributed by atoms with Gasteiger partial charge in [-0.25, -0.2) is 0 Å². The van der Waals surface area contributed by atoms with E-state index in [-0.39, 0.29) is 90.6 Å². The van der Waals surface area contributed by atoms with E-state index in [0.717, 1.165) is 0 Å². The van der Waals surface area contributed by atoms with Gasteiger partial charge in [0.15, 0.2) is 0 Å². The summed E-state index contributed by atoms with van der Waals surface area (Å²) in [7, 11) is 0. The van der Waals surface area contributed by atoms with Crippen LogP contribution in [0, 0.1) is 0 Å². The van der Waals surface area contributed by atoms with Gasteiger partial charge in [0.05, 0.1) is 124 Å². The average Bonchev–Trinajstić information content (AvgIpc) is 3.09. The van der Waals surface area contributed by atoms with Crippen LogP contribution in [0.25, 0.3) is 0 Å². The standard InChI is InChI=1S/2C14H27N3O10.3Hf/c2*18-4-6(20)5(19)1-15-9-12(25)10(16-2-7(21)22)14(27)11(13(9)26)17-3-8(23)24;;;/h2*5-6,9-20,25-27H,1-4H2,(H,21,22)(H,23,24);;;/q;;3*+4/t2*5-,6+,9?,10-,11+,12-,13+,14?;;;/m00.../s1. The zero-order valence-corrected chi connectivity index (χ0v) is 41.0. The predicted octanol–water partition coefficient (Wildman–Crippen LogP) is -12.3. The number of aliphatic carboxylic acids is 4. The monoisotopic (exact) mass is 1330 g/mol. The molecular formula is C28H54Hf3N6O20+12. The Balaban J connectivity index is -0.000000972. The number of aliphatic hydroxyl groups is 12. The molecule has 16 atom stereocenters. The van der Waals surface area contributed by atoms with Crippen molar-refractivity contribution in [2.75, 3.05) is 52.5 Å². The van der Waals surface area contributed by atoms with Crippen LogP contribution >= 0.6 is 0 Å². The van der Waals surface area contributed by atoms with Crippen LogP contribution in [0.3, 0.4) is 0 Å². The summed E-state index contributed by atoms with van der Waals surface area (Å²) in [6.07, 6.45) is -14.9. The predicted molar refractivity (Wildman–Crippen MR) is 176 cm³/mol. The number of carboxylic acid groups (broad SMARTS) is 4. The van der Waals surface area contributed by atoms with E-state index in [1.54, 1.807) is 0 Å². The van der Waals surface area contributed by atoms with Gasteiger partial charge in [-0.2, -0.15) is 0 Å². The van der Waals surface area contributed by atoms with Gasteiger partial charge in [0.25, 0.3) is 0 Å².